The van der Waals surface area contributed by atoms with Crippen molar-refractivity contribution in [2.75, 3.05) is 19.7 Å². The fraction of sp³-hybridized carbons (Fsp3) is 0.536. The SMILES string of the molecule is CC(=O)OCc1ccc(O[C@@H]2O[C@H](C(=O)O)[C@@H](O)[C@H](O)C2O)cc1OCCCNC(=O)CCCCCN1C(=O)C=CC1=O. The second-order valence-electron chi connectivity index (χ2n) is 9.93. The van der Waals surface area contributed by atoms with Crippen LogP contribution in [-0.4, -0.2) is 105 Å². The van der Waals surface area contributed by atoms with Crippen LogP contribution in [0.15, 0.2) is 30.4 Å². The molecule has 3 rings (SSSR count). The van der Waals surface area contributed by atoms with Crippen molar-refractivity contribution in [1.82, 2.24) is 10.2 Å². The van der Waals surface area contributed by atoms with E-state index in [2.05, 4.69) is 5.32 Å². The van der Waals surface area contributed by atoms with Crippen molar-refractivity contribution in [3.05, 3.63) is 35.9 Å². The summed E-state index contributed by atoms with van der Waals surface area (Å²) in [7, 11) is 0. The van der Waals surface area contributed by atoms with Crippen LogP contribution in [0.5, 0.6) is 11.5 Å². The van der Waals surface area contributed by atoms with Gasteiger partial charge in [-0.15, -0.1) is 0 Å². The molecule has 2 aliphatic rings. The molecule has 5 atom stereocenters. The van der Waals surface area contributed by atoms with Gasteiger partial charge in [0.1, 0.15) is 36.4 Å². The number of hydrogen-bond acceptors (Lipinski definition) is 12. The lowest BCUT2D eigenvalue weighted by atomic mass is 9.99. The molecular formula is C28H36N2O13. The Hall–Kier alpha value is -4.05. The summed E-state index contributed by atoms with van der Waals surface area (Å²) in [6.45, 7) is 1.91. The maximum atomic E-state index is 12.1. The zero-order valence-electron chi connectivity index (χ0n) is 23.5. The number of unbranched alkanes of at least 4 members (excludes halogenated alkanes) is 2. The molecule has 43 heavy (non-hydrogen) atoms. The van der Waals surface area contributed by atoms with Crippen molar-refractivity contribution in [2.45, 2.75) is 76.3 Å². The van der Waals surface area contributed by atoms with E-state index in [-0.39, 0.29) is 48.9 Å². The lowest BCUT2D eigenvalue weighted by Crippen LogP contribution is -2.61. The predicted molar refractivity (Wildman–Crippen MR) is 144 cm³/mol. The van der Waals surface area contributed by atoms with Gasteiger partial charge in [0, 0.05) is 50.2 Å². The molecule has 1 saturated heterocycles. The number of imide groups is 1. The number of carbonyl (C=O) groups excluding carboxylic acids is 4. The van der Waals surface area contributed by atoms with Gasteiger partial charge in [0.15, 0.2) is 6.10 Å². The Morgan fingerprint density at radius 3 is 2.37 bits per heavy atom. The average molecular weight is 609 g/mol. The van der Waals surface area contributed by atoms with Gasteiger partial charge in [0.25, 0.3) is 11.8 Å². The van der Waals surface area contributed by atoms with Crippen molar-refractivity contribution in [3.8, 4) is 11.5 Å². The van der Waals surface area contributed by atoms with E-state index in [9.17, 15) is 44.4 Å². The lowest BCUT2D eigenvalue weighted by Gasteiger charge is -2.38. The van der Waals surface area contributed by atoms with Gasteiger partial charge in [-0.05, 0) is 31.4 Å². The minimum absolute atomic E-state index is 0.0707. The van der Waals surface area contributed by atoms with Crippen LogP contribution in [0.2, 0.25) is 0 Å². The molecule has 1 aromatic rings. The van der Waals surface area contributed by atoms with E-state index in [1.54, 1.807) is 0 Å². The number of nitrogens with zero attached hydrogens (tertiary/aromatic N) is 1. The van der Waals surface area contributed by atoms with E-state index in [0.29, 0.717) is 44.3 Å². The second kappa shape index (κ2) is 16.0. The van der Waals surface area contributed by atoms with E-state index in [0.717, 1.165) is 4.90 Å². The first-order valence-corrected chi connectivity index (χ1v) is 13.8. The number of aliphatic hydroxyl groups is 3. The highest BCUT2D eigenvalue weighted by molar-refractivity contribution is 6.12. The van der Waals surface area contributed by atoms with Gasteiger partial charge in [-0.3, -0.25) is 24.1 Å². The molecule has 15 heteroatoms. The Kier molecular flexibility index (Phi) is 12.4. The molecule has 236 valence electrons. The Bertz CT molecular complexity index is 1190. The summed E-state index contributed by atoms with van der Waals surface area (Å²) >= 11 is 0. The van der Waals surface area contributed by atoms with Gasteiger partial charge in [0.2, 0.25) is 12.2 Å². The summed E-state index contributed by atoms with van der Waals surface area (Å²) in [5.74, 6) is -2.56. The Balaban J connectivity index is 1.45. The summed E-state index contributed by atoms with van der Waals surface area (Å²) in [6.07, 6.45) is -3.85. The topological polar surface area (TPSA) is 218 Å². The number of hydrogen-bond donors (Lipinski definition) is 5. The van der Waals surface area contributed by atoms with E-state index in [4.69, 9.17) is 18.9 Å². The highest BCUT2D eigenvalue weighted by Gasteiger charge is 2.48. The number of benzene rings is 1. The number of nitrogens with one attached hydrogen (secondary N) is 1. The molecule has 0 spiro atoms. The number of amides is 3. The Morgan fingerprint density at radius 2 is 1.70 bits per heavy atom. The van der Waals surface area contributed by atoms with Gasteiger partial charge >= 0.3 is 11.9 Å². The first-order valence-electron chi connectivity index (χ1n) is 13.8. The average Bonchev–Trinajstić information content (AvgIpc) is 3.28. The third-order valence-electron chi connectivity index (χ3n) is 6.62. The molecule has 5 N–H and O–H groups in total. The number of esters is 1. The molecule has 1 unspecified atom stereocenters. The molecule has 3 amide bonds. The van der Waals surface area contributed by atoms with Crippen molar-refractivity contribution in [3.63, 3.8) is 0 Å². The number of rotatable bonds is 16. The van der Waals surface area contributed by atoms with Gasteiger partial charge in [-0.1, -0.05) is 6.42 Å². The van der Waals surface area contributed by atoms with Crippen molar-refractivity contribution < 1.29 is 63.3 Å². The van der Waals surface area contributed by atoms with Crippen molar-refractivity contribution in [2.24, 2.45) is 0 Å². The summed E-state index contributed by atoms with van der Waals surface area (Å²) in [5, 5.41) is 42.1. The number of carboxylic acids is 1. The monoisotopic (exact) mass is 608 g/mol. The van der Waals surface area contributed by atoms with E-state index in [1.807, 2.05) is 0 Å². The van der Waals surface area contributed by atoms with Gasteiger partial charge in [-0.25, -0.2) is 4.79 Å². The van der Waals surface area contributed by atoms with Crippen LogP contribution in [0.1, 0.15) is 44.6 Å². The number of carboxylic acid groups (broad SMARTS) is 1. The molecule has 0 aromatic heterocycles. The minimum Gasteiger partial charge on any atom is -0.493 e. The van der Waals surface area contributed by atoms with E-state index >= 15 is 0 Å². The van der Waals surface area contributed by atoms with Gasteiger partial charge < -0.3 is 44.7 Å². The molecule has 0 saturated carbocycles. The van der Waals surface area contributed by atoms with Crippen LogP contribution in [0, 0.1) is 0 Å². The first-order chi connectivity index (χ1) is 20.5. The normalized spacial score (nSPS) is 23.3. The van der Waals surface area contributed by atoms with Crippen LogP contribution in [0.25, 0.3) is 0 Å². The number of carbonyl (C=O) groups is 5. The number of ether oxygens (including phenoxy) is 4. The molecule has 0 aliphatic carbocycles. The van der Waals surface area contributed by atoms with Crippen LogP contribution < -0.4 is 14.8 Å². The van der Waals surface area contributed by atoms with Crippen LogP contribution in [0.3, 0.4) is 0 Å². The summed E-state index contributed by atoms with van der Waals surface area (Å²) in [4.78, 5) is 59.0. The smallest absolute Gasteiger partial charge is 0.335 e. The fourth-order valence-electron chi connectivity index (χ4n) is 4.28. The zero-order valence-corrected chi connectivity index (χ0v) is 23.5. The number of aliphatic carboxylic acids is 1. The predicted octanol–water partition coefficient (Wildman–Crippen LogP) is -0.609. The third-order valence-corrected chi connectivity index (χ3v) is 6.62. The van der Waals surface area contributed by atoms with Crippen molar-refractivity contribution >= 4 is 29.7 Å². The maximum absolute atomic E-state index is 12.1. The maximum Gasteiger partial charge on any atom is 0.335 e. The second-order valence-corrected chi connectivity index (χ2v) is 9.93. The summed E-state index contributed by atoms with van der Waals surface area (Å²) in [6, 6.07) is 4.36. The first kappa shape index (κ1) is 33.5. The minimum atomic E-state index is -1.87. The highest BCUT2D eigenvalue weighted by atomic mass is 16.7. The quantitative estimate of drug-likeness (QED) is 0.0900. The summed E-state index contributed by atoms with van der Waals surface area (Å²) < 4.78 is 21.6. The van der Waals surface area contributed by atoms with Crippen LogP contribution in [-0.2, 0) is 40.1 Å². The van der Waals surface area contributed by atoms with Crippen molar-refractivity contribution in [1.29, 1.82) is 0 Å². The van der Waals surface area contributed by atoms with E-state index in [1.165, 1.54) is 37.3 Å². The molecule has 0 radical (unpaired) electrons. The molecular weight excluding hydrogens is 572 g/mol. The Labute approximate surface area is 247 Å². The Morgan fingerprint density at radius 1 is 0.977 bits per heavy atom. The molecule has 1 aromatic carbocycles. The molecule has 2 heterocycles. The van der Waals surface area contributed by atoms with Gasteiger partial charge in [0.05, 0.1) is 6.61 Å². The molecule has 0 bridgehead atoms. The molecule has 2 aliphatic heterocycles. The molecule has 15 nitrogen and oxygen atoms in total. The van der Waals surface area contributed by atoms with E-state index < -0.39 is 42.6 Å². The van der Waals surface area contributed by atoms with Crippen LogP contribution in [0.4, 0.5) is 0 Å². The fourth-order valence-corrected chi connectivity index (χ4v) is 4.28. The van der Waals surface area contributed by atoms with Crippen LogP contribution >= 0.6 is 0 Å². The van der Waals surface area contributed by atoms with Gasteiger partial charge in [-0.2, -0.15) is 0 Å². The standard InChI is InChI=1S/C28H36N2O13/c1-16(31)41-15-17-7-8-18(42-28-25(37)23(35)24(36)26(43-28)27(38)39)14-19(17)40-13-5-11-29-20(32)6-3-2-4-12-30-21(33)9-10-22(30)34/h7-10,14,23-26,28,35-37H,2-6,11-13,15H2,1H3,(H,29,32)(H,38,39)/t23-,24-,25?,26-,28+/m0/s1. The third kappa shape index (κ3) is 9.74. The zero-order chi connectivity index (χ0) is 31.5. The summed E-state index contributed by atoms with van der Waals surface area (Å²) in [5.41, 5.74) is 0.476. The highest BCUT2D eigenvalue weighted by Crippen LogP contribution is 2.30. The number of aliphatic hydroxyl groups excluding tert-OH is 3. The lowest BCUT2D eigenvalue weighted by molar-refractivity contribution is -0.271. The largest absolute Gasteiger partial charge is 0.493 e. The molecule has 1 fully saturated rings.